The van der Waals surface area contributed by atoms with Crippen molar-refractivity contribution < 1.29 is 4.42 Å². The second kappa shape index (κ2) is 12.5. The van der Waals surface area contributed by atoms with Crippen LogP contribution in [0.15, 0.2) is 59.0 Å². The molecule has 1 heterocycles. The molecule has 0 spiro atoms. The van der Waals surface area contributed by atoms with Crippen LogP contribution in [-0.2, 0) is 0 Å². The van der Waals surface area contributed by atoms with E-state index in [0.29, 0.717) is 0 Å². The third-order valence-electron chi connectivity index (χ3n) is 14.2. The summed E-state index contributed by atoms with van der Waals surface area (Å²) in [6, 6.07) is 20.1. The van der Waals surface area contributed by atoms with Crippen molar-refractivity contribution in [1.82, 2.24) is 0 Å². The van der Waals surface area contributed by atoms with Crippen LogP contribution in [0.25, 0.3) is 76.9 Å². The highest BCUT2D eigenvalue weighted by Gasteiger charge is 2.30. The van der Waals surface area contributed by atoms with Gasteiger partial charge >= 0.3 is 0 Å². The van der Waals surface area contributed by atoms with Crippen LogP contribution in [0, 0.1) is 104 Å². The molecule has 0 fully saturated rings. The molecule has 0 aliphatic heterocycles. The minimum atomic E-state index is 1.03. The average Bonchev–Trinajstić information content (AvgIpc) is 3.59. The lowest BCUT2D eigenvalue weighted by molar-refractivity contribution is 0.661. The fourth-order valence-electron chi connectivity index (χ4n) is 9.86. The first-order valence-electron chi connectivity index (χ1n) is 19.6. The highest BCUT2D eigenvalue weighted by Crippen LogP contribution is 2.53. The van der Waals surface area contributed by atoms with Crippen molar-refractivity contribution in [2.45, 2.75) is 104 Å². The lowest BCUT2D eigenvalue weighted by Gasteiger charge is -2.28. The second-order valence-corrected chi connectivity index (χ2v) is 16.5. The maximum absolute atomic E-state index is 6.93. The fraction of sp³-hybridized carbons (Fsp3) is 0.283. The fourth-order valence-corrected chi connectivity index (χ4v) is 9.86. The summed E-state index contributed by atoms with van der Waals surface area (Å²) >= 11 is 0. The summed E-state index contributed by atoms with van der Waals surface area (Å²) in [7, 11) is 0. The van der Waals surface area contributed by atoms with Gasteiger partial charge in [-0.25, -0.2) is 0 Å². The number of rotatable bonds is 3. The minimum absolute atomic E-state index is 1.03. The first kappa shape index (κ1) is 35.9. The van der Waals surface area contributed by atoms with Gasteiger partial charge in [0.15, 0.2) is 0 Å². The molecule has 0 saturated heterocycles. The smallest absolute Gasteiger partial charge is 0.138 e. The van der Waals surface area contributed by atoms with E-state index in [-0.39, 0.29) is 0 Å². The van der Waals surface area contributed by atoms with Gasteiger partial charge in [-0.15, -0.1) is 0 Å². The molecule has 0 aliphatic rings. The summed E-state index contributed by atoms with van der Waals surface area (Å²) in [6.07, 6.45) is 0. The zero-order valence-electron chi connectivity index (χ0n) is 35.1. The number of aryl methyl sites for hydroxylation is 8. The zero-order chi connectivity index (χ0) is 38.8. The van der Waals surface area contributed by atoms with E-state index < -0.39 is 0 Å². The van der Waals surface area contributed by atoms with E-state index in [2.05, 4.69) is 158 Å². The standard InChI is InChI=1S/C53H54O/c1-25-27(3)33(9)46-44(31(25)7)50(42-23-21-41(22-24-42)40-19-17-16-18-20-40)45-32(8)26(2)28(4)34(10)47(45)51(46)43-36(12)38(14)53-49(39(43)15)48-35(11)29(5)30(6)37(13)52(48)54-53/h16-24H,1-15H3. The third kappa shape index (κ3) is 4.70. The van der Waals surface area contributed by atoms with Crippen molar-refractivity contribution in [1.29, 1.82) is 0 Å². The van der Waals surface area contributed by atoms with Crippen molar-refractivity contribution in [2.24, 2.45) is 0 Å². The molecule has 8 rings (SSSR count). The predicted molar refractivity (Wildman–Crippen MR) is 236 cm³/mol. The molecule has 1 nitrogen and oxygen atoms in total. The van der Waals surface area contributed by atoms with Crippen molar-refractivity contribution in [3.05, 3.63) is 138 Å². The van der Waals surface area contributed by atoms with Gasteiger partial charge in [0, 0.05) is 10.8 Å². The zero-order valence-corrected chi connectivity index (χ0v) is 35.1. The second-order valence-electron chi connectivity index (χ2n) is 16.5. The van der Waals surface area contributed by atoms with Gasteiger partial charge in [-0.1, -0.05) is 54.6 Å². The molecule has 0 bridgehead atoms. The average molecular weight is 707 g/mol. The van der Waals surface area contributed by atoms with Gasteiger partial charge in [0.25, 0.3) is 0 Å². The summed E-state index contributed by atoms with van der Waals surface area (Å²) in [4.78, 5) is 0. The Morgan fingerprint density at radius 1 is 0.241 bits per heavy atom. The van der Waals surface area contributed by atoms with E-state index in [1.807, 2.05) is 0 Å². The van der Waals surface area contributed by atoms with Gasteiger partial charge in [0.1, 0.15) is 11.2 Å². The molecule has 8 aromatic rings. The Morgan fingerprint density at radius 2 is 0.574 bits per heavy atom. The number of hydrogen-bond donors (Lipinski definition) is 0. The van der Waals surface area contributed by atoms with Gasteiger partial charge in [-0.05, 0) is 242 Å². The first-order chi connectivity index (χ1) is 25.6. The van der Waals surface area contributed by atoms with Crippen LogP contribution in [0.5, 0.6) is 0 Å². The minimum Gasteiger partial charge on any atom is -0.455 e. The van der Waals surface area contributed by atoms with Gasteiger partial charge in [0.2, 0.25) is 0 Å². The molecule has 7 aromatic carbocycles. The monoisotopic (exact) mass is 706 g/mol. The number of benzene rings is 7. The Hall–Kier alpha value is -5.14. The molecule has 0 atom stereocenters. The summed E-state index contributed by atoms with van der Waals surface area (Å²) in [5.41, 5.74) is 30.0. The van der Waals surface area contributed by atoms with E-state index in [0.717, 1.165) is 11.2 Å². The normalized spacial score (nSPS) is 12.0. The van der Waals surface area contributed by atoms with Crippen molar-refractivity contribution >= 4 is 43.5 Å². The Morgan fingerprint density at radius 3 is 1.04 bits per heavy atom. The summed E-state index contributed by atoms with van der Waals surface area (Å²) in [5.74, 6) is 0. The molecule has 0 aliphatic carbocycles. The Labute approximate surface area is 322 Å². The van der Waals surface area contributed by atoms with E-state index >= 15 is 0 Å². The van der Waals surface area contributed by atoms with Crippen LogP contribution >= 0.6 is 0 Å². The summed E-state index contributed by atoms with van der Waals surface area (Å²) in [5, 5.41) is 8.07. The van der Waals surface area contributed by atoms with Crippen molar-refractivity contribution in [3.63, 3.8) is 0 Å². The molecule has 0 radical (unpaired) electrons. The molecule has 0 saturated carbocycles. The quantitative estimate of drug-likeness (QED) is 0.167. The molecule has 0 unspecified atom stereocenters. The van der Waals surface area contributed by atoms with Crippen LogP contribution in [0.2, 0.25) is 0 Å². The van der Waals surface area contributed by atoms with Crippen molar-refractivity contribution in [3.8, 4) is 33.4 Å². The van der Waals surface area contributed by atoms with Crippen LogP contribution in [0.3, 0.4) is 0 Å². The number of hydrogen-bond acceptors (Lipinski definition) is 1. The SMILES string of the molecule is Cc1c(C)c(C)c2c(oc3c(C)c(C)c(-c4c5c(C)c(C)c(C)c(C)c5c(-c5ccc(-c6ccccc6)cc5)c5c(C)c(C)c(C)c(C)c45)c(C)c32)c1C. The van der Waals surface area contributed by atoms with Crippen LogP contribution in [0.1, 0.15) is 83.5 Å². The maximum Gasteiger partial charge on any atom is 0.138 e. The van der Waals surface area contributed by atoms with Crippen LogP contribution in [0.4, 0.5) is 0 Å². The maximum atomic E-state index is 6.93. The van der Waals surface area contributed by atoms with Crippen molar-refractivity contribution in [2.75, 3.05) is 0 Å². The lowest BCUT2D eigenvalue weighted by atomic mass is 9.75. The molecule has 272 valence electrons. The molecule has 0 amide bonds. The van der Waals surface area contributed by atoms with Gasteiger partial charge in [-0.2, -0.15) is 0 Å². The Kier molecular flexibility index (Phi) is 8.27. The van der Waals surface area contributed by atoms with E-state index in [1.54, 1.807) is 0 Å². The Bertz CT molecular complexity index is 2850. The molecule has 1 aromatic heterocycles. The topological polar surface area (TPSA) is 13.1 Å². The number of fused-ring (bicyclic) bond motifs is 5. The number of furan rings is 1. The van der Waals surface area contributed by atoms with Gasteiger partial charge in [0.05, 0.1) is 0 Å². The van der Waals surface area contributed by atoms with Crippen LogP contribution in [-0.4, -0.2) is 0 Å². The highest BCUT2D eigenvalue weighted by molar-refractivity contribution is 6.27. The van der Waals surface area contributed by atoms with Gasteiger partial charge < -0.3 is 4.42 Å². The van der Waals surface area contributed by atoms with Gasteiger partial charge in [-0.3, -0.25) is 0 Å². The van der Waals surface area contributed by atoms with E-state index in [1.165, 1.54) is 149 Å². The molecule has 1 heteroatoms. The van der Waals surface area contributed by atoms with E-state index in [4.69, 9.17) is 4.42 Å². The third-order valence-corrected chi connectivity index (χ3v) is 14.2. The molecule has 54 heavy (non-hydrogen) atoms. The predicted octanol–water partition coefficient (Wildman–Crippen LogP) is 15.5. The summed E-state index contributed by atoms with van der Waals surface area (Å²) in [6.45, 7) is 34.8. The molecular weight excluding hydrogens is 653 g/mol. The molecular formula is C53H54O. The largest absolute Gasteiger partial charge is 0.455 e. The first-order valence-corrected chi connectivity index (χ1v) is 19.6. The van der Waals surface area contributed by atoms with Crippen LogP contribution < -0.4 is 0 Å². The molecule has 0 N–H and O–H groups in total. The lowest BCUT2D eigenvalue weighted by Crippen LogP contribution is -2.05. The van der Waals surface area contributed by atoms with E-state index in [9.17, 15) is 0 Å². The highest BCUT2D eigenvalue weighted by atomic mass is 16.3. The Balaban J connectivity index is 1.65. The summed E-state index contributed by atoms with van der Waals surface area (Å²) < 4.78 is 6.93.